The van der Waals surface area contributed by atoms with Crippen molar-refractivity contribution in [2.24, 2.45) is 0 Å². The molecular formula is C18H24FNO3. The van der Waals surface area contributed by atoms with E-state index in [1.807, 2.05) is 25.7 Å². The normalized spacial score (nSPS) is 27.0. The molecule has 0 saturated carbocycles. The molecule has 0 N–H and O–H groups in total. The molecule has 1 aromatic rings. The smallest absolute Gasteiger partial charge is 0.410 e. The van der Waals surface area contributed by atoms with E-state index in [9.17, 15) is 9.18 Å². The molecule has 0 spiro atoms. The molecule has 4 nitrogen and oxygen atoms in total. The lowest BCUT2D eigenvalue weighted by Crippen LogP contribution is -2.50. The number of halogens is 1. The lowest BCUT2D eigenvalue weighted by Gasteiger charge is -2.39. The van der Waals surface area contributed by atoms with Crippen molar-refractivity contribution in [3.05, 3.63) is 30.1 Å². The van der Waals surface area contributed by atoms with Crippen LogP contribution in [0.5, 0.6) is 5.75 Å². The number of benzene rings is 1. The van der Waals surface area contributed by atoms with Crippen LogP contribution in [0.1, 0.15) is 46.5 Å². The monoisotopic (exact) mass is 321 g/mol. The average molecular weight is 321 g/mol. The highest BCUT2D eigenvalue weighted by Crippen LogP contribution is 2.38. The quantitative estimate of drug-likeness (QED) is 0.822. The van der Waals surface area contributed by atoms with Gasteiger partial charge in [0.15, 0.2) is 0 Å². The maximum atomic E-state index is 13.0. The van der Waals surface area contributed by atoms with E-state index in [1.165, 1.54) is 12.1 Å². The third-order valence-corrected chi connectivity index (χ3v) is 4.41. The molecule has 2 fully saturated rings. The van der Waals surface area contributed by atoms with E-state index < -0.39 is 5.60 Å². The first kappa shape index (κ1) is 16.1. The van der Waals surface area contributed by atoms with Gasteiger partial charge in [-0.05, 0) is 57.9 Å². The first-order valence-electron chi connectivity index (χ1n) is 8.25. The van der Waals surface area contributed by atoms with Crippen molar-refractivity contribution >= 4 is 6.09 Å². The molecule has 1 aromatic carbocycles. The molecular weight excluding hydrogens is 297 g/mol. The Balaban J connectivity index is 1.62. The first-order valence-corrected chi connectivity index (χ1v) is 8.25. The zero-order valence-corrected chi connectivity index (χ0v) is 13.9. The molecule has 0 radical (unpaired) electrons. The van der Waals surface area contributed by atoms with Crippen LogP contribution in [-0.4, -0.2) is 34.8 Å². The van der Waals surface area contributed by atoms with Gasteiger partial charge in [-0.15, -0.1) is 0 Å². The number of piperidine rings is 1. The third kappa shape index (κ3) is 3.77. The molecule has 2 aliphatic rings. The number of fused-ring (bicyclic) bond motifs is 2. The molecule has 1 amide bonds. The van der Waals surface area contributed by atoms with E-state index in [-0.39, 0.29) is 30.1 Å². The zero-order chi connectivity index (χ0) is 16.6. The second-order valence-electron chi connectivity index (χ2n) is 7.44. The minimum atomic E-state index is -0.474. The van der Waals surface area contributed by atoms with Crippen molar-refractivity contribution in [2.45, 2.75) is 70.2 Å². The molecule has 23 heavy (non-hydrogen) atoms. The zero-order valence-electron chi connectivity index (χ0n) is 13.9. The second kappa shape index (κ2) is 6.02. The van der Waals surface area contributed by atoms with Crippen LogP contribution in [-0.2, 0) is 4.74 Å². The Morgan fingerprint density at radius 2 is 1.70 bits per heavy atom. The Kier molecular flexibility index (Phi) is 4.21. The van der Waals surface area contributed by atoms with Crippen molar-refractivity contribution in [1.29, 1.82) is 0 Å². The largest absolute Gasteiger partial charge is 0.490 e. The number of rotatable bonds is 2. The minimum absolute atomic E-state index is 0.0663. The van der Waals surface area contributed by atoms with Crippen molar-refractivity contribution in [1.82, 2.24) is 4.90 Å². The van der Waals surface area contributed by atoms with Gasteiger partial charge >= 0.3 is 6.09 Å². The molecule has 5 heteroatoms. The van der Waals surface area contributed by atoms with Gasteiger partial charge in [-0.3, -0.25) is 0 Å². The fraction of sp³-hybridized carbons (Fsp3) is 0.611. The Hall–Kier alpha value is -1.78. The van der Waals surface area contributed by atoms with E-state index in [2.05, 4.69) is 0 Å². The molecule has 2 saturated heterocycles. The lowest BCUT2D eigenvalue weighted by molar-refractivity contribution is -0.00708. The van der Waals surface area contributed by atoms with Crippen molar-refractivity contribution in [2.75, 3.05) is 0 Å². The summed E-state index contributed by atoms with van der Waals surface area (Å²) in [6.07, 6.45) is 3.43. The van der Waals surface area contributed by atoms with Crippen LogP contribution in [0.3, 0.4) is 0 Å². The average Bonchev–Trinajstić information content (AvgIpc) is 2.72. The summed E-state index contributed by atoms with van der Waals surface area (Å²) in [5.74, 6) is 0.415. The Morgan fingerprint density at radius 3 is 2.22 bits per heavy atom. The van der Waals surface area contributed by atoms with Gasteiger partial charge in [0.1, 0.15) is 23.3 Å². The molecule has 0 aromatic heterocycles. The summed E-state index contributed by atoms with van der Waals surface area (Å²) in [6, 6.07) is 6.46. The van der Waals surface area contributed by atoms with Crippen LogP contribution < -0.4 is 4.74 Å². The SMILES string of the molecule is CC(C)(C)OC(=O)N1[C@@H]2CC[C@H]1C[C@@H](Oc1ccc(F)cc1)C2. The van der Waals surface area contributed by atoms with Gasteiger partial charge in [0.25, 0.3) is 0 Å². The minimum Gasteiger partial charge on any atom is -0.490 e. The van der Waals surface area contributed by atoms with E-state index in [0.717, 1.165) is 25.7 Å². The first-order chi connectivity index (χ1) is 10.8. The molecule has 3 rings (SSSR count). The Morgan fingerprint density at radius 1 is 1.13 bits per heavy atom. The van der Waals surface area contributed by atoms with E-state index in [0.29, 0.717) is 5.75 Å². The third-order valence-electron chi connectivity index (χ3n) is 4.41. The molecule has 2 bridgehead atoms. The van der Waals surface area contributed by atoms with Gasteiger partial charge in [0.05, 0.1) is 0 Å². The van der Waals surface area contributed by atoms with Gasteiger partial charge in [0.2, 0.25) is 0 Å². The van der Waals surface area contributed by atoms with Crippen molar-refractivity contribution in [3.8, 4) is 5.75 Å². The van der Waals surface area contributed by atoms with Crippen LogP contribution in [0.15, 0.2) is 24.3 Å². The number of ether oxygens (including phenoxy) is 2. The number of amides is 1. The Bertz CT molecular complexity index is 553. The van der Waals surface area contributed by atoms with E-state index >= 15 is 0 Å². The summed E-state index contributed by atoms with van der Waals surface area (Å²) in [4.78, 5) is 14.3. The van der Waals surface area contributed by atoms with Gasteiger partial charge in [0, 0.05) is 24.9 Å². The molecule has 2 heterocycles. The predicted molar refractivity (Wildman–Crippen MR) is 84.9 cm³/mol. The second-order valence-corrected chi connectivity index (χ2v) is 7.44. The van der Waals surface area contributed by atoms with Crippen molar-refractivity contribution in [3.63, 3.8) is 0 Å². The van der Waals surface area contributed by atoms with Crippen LogP contribution >= 0.6 is 0 Å². The highest BCUT2D eigenvalue weighted by molar-refractivity contribution is 5.69. The molecule has 0 aliphatic carbocycles. The molecule has 2 aliphatic heterocycles. The highest BCUT2D eigenvalue weighted by Gasteiger charge is 2.45. The fourth-order valence-corrected chi connectivity index (χ4v) is 3.54. The van der Waals surface area contributed by atoms with E-state index in [1.54, 1.807) is 12.1 Å². The Labute approximate surface area is 136 Å². The number of carbonyl (C=O) groups excluding carboxylic acids is 1. The summed E-state index contributed by atoms with van der Waals surface area (Å²) in [5, 5.41) is 0. The molecule has 126 valence electrons. The van der Waals surface area contributed by atoms with Gasteiger partial charge in [-0.1, -0.05) is 0 Å². The van der Waals surface area contributed by atoms with Gasteiger partial charge < -0.3 is 14.4 Å². The topological polar surface area (TPSA) is 38.8 Å². The summed E-state index contributed by atoms with van der Waals surface area (Å²) in [6.45, 7) is 5.66. The lowest BCUT2D eigenvalue weighted by atomic mass is 10.00. The van der Waals surface area contributed by atoms with Crippen LogP contribution in [0.4, 0.5) is 9.18 Å². The fourth-order valence-electron chi connectivity index (χ4n) is 3.54. The molecule has 0 unspecified atom stereocenters. The van der Waals surface area contributed by atoms with Crippen molar-refractivity contribution < 1.29 is 18.7 Å². The number of hydrogen-bond donors (Lipinski definition) is 0. The number of hydrogen-bond acceptors (Lipinski definition) is 3. The van der Waals surface area contributed by atoms with Crippen LogP contribution in [0.2, 0.25) is 0 Å². The highest BCUT2D eigenvalue weighted by atomic mass is 19.1. The van der Waals surface area contributed by atoms with E-state index in [4.69, 9.17) is 9.47 Å². The number of nitrogens with zero attached hydrogens (tertiary/aromatic N) is 1. The standard InChI is InChI=1S/C18H24FNO3/c1-18(2,3)23-17(21)20-13-6-7-14(20)11-16(10-13)22-15-8-4-12(19)5-9-15/h4-5,8-9,13-14,16H,6-7,10-11H2,1-3H3/t13-,14+,16+. The summed E-state index contributed by atoms with van der Waals surface area (Å²) < 4.78 is 24.5. The summed E-state index contributed by atoms with van der Waals surface area (Å²) >= 11 is 0. The summed E-state index contributed by atoms with van der Waals surface area (Å²) in [5.41, 5.74) is -0.474. The maximum absolute atomic E-state index is 13.0. The van der Waals surface area contributed by atoms with Crippen LogP contribution in [0, 0.1) is 5.82 Å². The number of carbonyl (C=O) groups is 1. The summed E-state index contributed by atoms with van der Waals surface area (Å²) in [7, 11) is 0. The van der Waals surface area contributed by atoms with Gasteiger partial charge in [-0.2, -0.15) is 0 Å². The molecule has 3 atom stereocenters. The maximum Gasteiger partial charge on any atom is 0.410 e. The predicted octanol–water partition coefficient (Wildman–Crippen LogP) is 4.14. The van der Waals surface area contributed by atoms with Crippen LogP contribution in [0.25, 0.3) is 0 Å². The van der Waals surface area contributed by atoms with Gasteiger partial charge in [-0.25, -0.2) is 9.18 Å².